The second-order valence-corrected chi connectivity index (χ2v) is 9.28. The Labute approximate surface area is 197 Å². The van der Waals surface area contributed by atoms with Gasteiger partial charge in [0.1, 0.15) is 0 Å². The molecule has 0 aliphatic heterocycles. The standard InChI is InChI=1S/C26H54O6/c27-21-15-9-4-7-13-19-25(30)24(29)18-12-6-2-1-3-11-17-23-32-26(31)20-14-8-5-10-16-22-28/h24-31H,1-23H2. The maximum absolute atomic E-state index is 10.1. The molecule has 3 atom stereocenters. The first-order valence-corrected chi connectivity index (χ1v) is 13.5. The molecule has 5 N–H and O–H groups in total. The fourth-order valence-corrected chi connectivity index (χ4v) is 3.98. The summed E-state index contributed by atoms with van der Waals surface area (Å²) < 4.78 is 5.47. The first kappa shape index (κ1) is 31.8. The summed E-state index contributed by atoms with van der Waals surface area (Å²) in [5, 5.41) is 47.4. The molecule has 0 spiro atoms. The van der Waals surface area contributed by atoms with E-state index in [1.807, 2.05) is 0 Å². The van der Waals surface area contributed by atoms with Gasteiger partial charge < -0.3 is 30.3 Å². The van der Waals surface area contributed by atoms with Crippen LogP contribution < -0.4 is 0 Å². The lowest BCUT2D eigenvalue weighted by Crippen LogP contribution is -2.25. The maximum Gasteiger partial charge on any atom is 0.154 e. The Balaban J connectivity index is 3.33. The van der Waals surface area contributed by atoms with Crippen LogP contribution in [0.25, 0.3) is 0 Å². The van der Waals surface area contributed by atoms with Crippen LogP contribution in [0, 0.1) is 0 Å². The summed E-state index contributed by atoms with van der Waals surface area (Å²) in [6, 6.07) is 0. The van der Waals surface area contributed by atoms with E-state index in [2.05, 4.69) is 0 Å². The highest BCUT2D eigenvalue weighted by atomic mass is 16.6. The van der Waals surface area contributed by atoms with Crippen LogP contribution >= 0.6 is 0 Å². The summed E-state index contributed by atoms with van der Waals surface area (Å²) in [5.74, 6) is 0. The molecule has 0 heterocycles. The fraction of sp³-hybridized carbons (Fsp3) is 1.00. The van der Waals surface area contributed by atoms with E-state index in [0.29, 0.717) is 25.9 Å². The normalized spacial score (nSPS) is 14.5. The van der Waals surface area contributed by atoms with Crippen molar-refractivity contribution in [3.05, 3.63) is 0 Å². The Hall–Kier alpha value is -0.240. The van der Waals surface area contributed by atoms with Crippen molar-refractivity contribution in [2.24, 2.45) is 0 Å². The largest absolute Gasteiger partial charge is 0.396 e. The molecule has 194 valence electrons. The molecule has 0 radical (unpaired) electrons. The fourth-order valence-electron chi connectivity index (χ4n) is 3.98. The molecule has 0 aromatic carbocycles. The maximum atomic E-state index is 10.1. The van der Waals surface area contributed by atoms with Gasteiger partial charge in [0.25, 0.3) is 0 Å². The highest BCUT2D eigenvalue weighted by Gasteiger charge is 2.15. The lowest BCUT2D eigenvalue weighted by molar-refractivity contribution is -0.105. The predicted octanol–water partition coefficient (Wildman–Crippen LogP) is 4.83. The van der Waals surface area contributed by atoms with E-state index in [-0.39, 0.29) is 13.2 Å². The van der Waals surface area contributed by atoms with Crippen LogP contribution in [0.5, 0.6) is 0 Å². The lowest BCUT2D eigenvalue weighted by atomic mass is 9.99. The van der Waals surface area contributed by atoms with Crippen molar-refractivity contribution < 1.29 is 30.3 Å². The van der Waals surface area contributed by atoms with Crippen LogP contribution in [-0.2, 0) is 4.74 Å². The molecule has 32 heavy (non-hydrogen) atoms. The van der Waals surface area contributed by atoms with Gasteiger partial charge >= 0.3 is 0 Å². The minimum atomic E-state index is -0.638. The number of rotatable bonds is 26. The Bertz CT molecular complexity index is 355. The monoisotopic (exact) mass is 462 g/mol. The van der Waals surface area contributed by atoms with Crippen molar-refractivity contribution in [2.45, 2.75) is 147 Å². The van der Waals surface area contributed by atoms with Gasteiger partial charge in [0.15, 0.2) is 6.29 Å². The molecule has 0 amide bonds. The first-order chi connectivity index (χ1) is 15.6. The van der Waals surface area contributed by atoms with Gasteiger partial charge in [-0.25, -0.2) is 0 Å². The van der Waals surface area contributed by atoms with Crippen LogP contribution in [0.2, 0.25) is 0 Å². The quantitative estimate of drug-likeness (QED) is 0.0930. The Kier molecular flexibility index (Phi) is 25.2. The molecule has 0 aromatic rings. The highest BCUT2D eigenvalue weighted by molar-refractivity contribution is 4.67. The third-order valence-corrected chi connectivity index (χ3v) is 6.17. The molecule has 0 aromatic heterocycles. The van der Waals surface area contributed by atoms with Gasteiger partial charge in [0.05, 0.1) is 12.2 Å². The SMILES string of the molecule is OCCCCCCCC(O)OCCCCCCCCCC(O)C(O)CCCCCCCO. The third-order valence-electron chi connectivity index (χ3n) is 6.17. The van der Waals surface area contributed by atoms with Crippen molar-refractivity contribution in [2.75, 3.05) is 19.8 Å². The van der Waals surface area contributed by atoms with Crippen molar-refractivity contribution >= 4 is 0 Å². The van der Waals surface area contributed by atoms with Gasteiger partial charge in [-0.1, -0.05) is 83.5 Å². The van der Waals surface area contributed by atoms with Gasteiger partial charge in [-0.15, -0.1) is 0 Å². The van der Waals surface area contributed by atoms with E-state index in [9.17, 15) is 15.3 Å². The van der Waals surface area contributed by atoms with Gasteiger partial charge in [-0.3, -0.25) is 0 Å². The second-order valence-electron chi connectivity index (χ2n) is 9.28. The highest BCUT2D eigenvalue weighted by Crippen LogP contribution is 2.15. The molecule has 0 aliphatic rings. The number of ether oxygens (including phenoxy) is 1. The van der Waals surface area contributed by atoms with Crippen molar-refractivity contribution in [3.63, 3.8) is 0 Å². The van der Waals surface area contributed by atoms with Gasteiger partial charge in [0, 0.05) is 19.8 Å². The van der Waals surface area contributed by atoms with E-state index in [1.165, 1.54) is 12.8 Å². The number of aliphatic hydroxyl groups is 5. The molecular formula is C26H54O6. The van der Waals surface area contributed by atoms with Gasteiger partial charge in [0.2, 0.25) is 0 Å². The van der Waals surface area contributed by atoms with Crippen molar-refractivity contribution in [1.29, 1.82) is 0 Å². The van der Waals surface area contributed by atoms with E-state index in [4.69, 9.17) is 14.9 Å². The molecule has 0 rings (SSSR count). The first-order valence-electron chi connectivity index (χ1n) is 13.5. The zero-order valence-electron chi connectivity index (χ0n) is 20.6. The number of aliphatic hydroxyl groups excluding tert-OH is 5. The molecule has 0 aliphatic carbocycles. The van der Waals surface area contributed by atoms with Crippen LogP contribution in [0.15, 0.2) is 0 Å². The van der Waals surface area contributed by atoms with Crippen LogP contribution in [0.4, 0.5) is 0 Å². The summed E-state index contributed by atoms with van der Waals surface area (Å²) >= 11 is 0. The van der Waals surface area contributed by atoms with Crippen LogP contribution in [-0.4, -0.2) is 63.9 Å². The second kappa shape index (κ2) is 25.4. The van der Waals surface area contributed by atoms with Crippen LogP contribution in [0.1, 0.15) is 128 Å². The zero-order valence-corrected chi connectivity index (χ0v) is 20.6. The topological polar surface area (TPSA) is 110 Å². The molecule has 3 unspecified atom stereocenters. The molecule has 6 nitrogen and oxygen atoms in total. The van der Waals surface area contributed by atoms with Gasteiger partial charge in [-0.05, 0) is 44.9 Å². The summed E-state index contributed by atoms with van der Waals surface area (Å²) in [6.45, 7) is 1.15. The summed E-state index contributed by atoms with van der Waals surface area (Å²) in [6.07, 6.45) is 18.0. The molecule has 0 fully saturated rings. The average Bonchev–Trinajstić information content (AvgIpc) is 2.79. The minimum absolute atomic E-state index is 0.258. The molecule has 6 heteroatoms. The van der Waals surface area contributed by atoms with E-state index >= 15 is 0 Å². The van der Waals surface area contributed by atoms with Crippen molar-refractivity contribution in [1.82, 2.24) is 0 Å². The van der Waals surface area contributed by atoms with Crippen molar-refractivity contribution in [3.8, 4) is 0 Å². The number of hydrogen-bond acceptors (Lipinski definition) is 6. The predicted molar refractivity (Wildman–Crippen MR) is 130 cm³/mol. The summed E-state index contributed by atoms with van der Waals surface area (Å²) in [4.78, 5) is 0. The number of hydrogen-bond donors (Lipinski definition) is 5. The van der Waals surface area contributed by atoms with E-state index in [0.717, 1.165) is 96.3 Å². The third kappa shape index (κ3) is 22.9. The van der Waals surface area contributed by atoms with E-state index in [1.54, 1.807) is 0 Å². The molecular weight excluding hydrogens is 408 g/mol. The Morgan fingerprint density at radius 3 is 1.19 bits per heavy atom. The molecule has 0 saturated carbocycles. The summed E-state index contributed by atoms with van der Waals surface area (Å²) in [5.41, 5.74) is 0. The average molecular weight is 463 g/mol. The lowest BCUT2D eigenvalue weighted by Gasteiger charge is -2.17. The van der Waals surface area contributed by atoms with Gasteiger partial charge in [-0.2, -0.15) is 0 Å². The minimum Gasteiger partial charge on any atom is -0.396 e. The Morgan fingerprint density at radius 1 is 0.406 bits per heavy atom. The Morgan fingerprint density at radius 2 is 0.750 bits per heavy atom. The van der Waals surface area contributed by atoms with E-state index < -0.39 is 18.5 Å². The smallest absolute Gasteiger partial charge is 0.154 e. The molecule has 0 saturated heterocycles. The zero-order chi connectivity index (χ0) is 23.7. The van der Waals surface area contributed by atoms with Crippen LogP contribution in [0.3, 0.4) is 0 Å². The molecule has 0 bridgehead atoms. The number of unbranched alkanes of at least 4 members (excludes halogenated alkanes) is 14. The summed E-state index contributed by atoms with van der Waals surface area (Å²) in [7, 11) is 0.